The summed E-state index contributed by atoms with van der Waals surface area (Å²) in [6.07, 6.45) is 0.379. The van der Waals surface area contributed by atoms with Gasteiger partial charge in [-0.15, -0.1) is 11.8 Å². The molecular formula is C17H14F2OS. The fraction of sp³-hybridized carbons (Fsp3) is 0.176. The van der Waals surface area contributed by atoms with Gasteiger partial charge >= 0.3 is 0 Å². The minimum absolute atomic E-state index is 0.00186. The van der Waals surface area contributed by atoms with E-state index in [4.69, 9.17) is 5.11 Å². The van der Waals surface area contributed by atoms with Crippen LogP contribution in [0.15, 0.2) is 47.4 Å². The molecule has 0 aromatic heterocycles. The van der Waals surface area contributed by atoms with Crippen LogP contribution in [-0.2, 0) is 5.75 Å². The highest BCUT2D eigenvalue weighted by molar-refractivity contribution is 7.98. The van der Waals surface area contributed by atoms with E-state index < -0.39 is 0 Å². The van der Waals surface area contributed by atoms with Gasteiger partial charge in [0, 0.05) is 22.6 Å². The summed E-state index contributed by atoms with van der Waals surface area (Å²) in [4.78, 5) is 0.891. The van der Waals surface area contributed by atoms with Gasteiger partial charge in [0.2, 0.25) is 0 Å². The Morgan fingerprint density at radius 2 is 1.81 bits per heavy atom. The van der Waals surface area contributed by atoms with Gasteiger partial charge in [0.05, 0.1) is 6.61 Å². The minimum Gasteiger partial charge on any atom is -0.395 e. The van der Waals surface area contributed by atoms with Crippen molar-refractivity contribution in [2.75, 3.05) is 6.61 Å². The van der Waals surface area contributed by atoms with Crippen molar-refractivity contribution in [1.29, 1.82) is 0 Å². The SMILES string of the molecule is OCCC#Cc1ccc(CSc2ccc(F)cc2)c(F)c1. The predicted molar refractivity (Wildman–Crippen MR) is 80.9 cm³/mol. The Balaban J connectivity index is 2.01. The van der Waals surface area contributed by atoms with Crippen molar-refractivity contribution in [3.8, 4) is 11.8 Å². The second-order valence-corrected chi connectivity index (χ2v) is 5.37. The van der Waals surface area contributed by atoms with Gasteiger partial charge in [-0.3, -0.25) is 0 Å². The van der Waals surface area contributed by atoms with E-state index in [0.717, 1.165) is 4.90 Å². The van der Waals surface area contributed by atoms with Crippen molar-refractivity contribution in [3.05, 3.63) is 65.2 Å². The minimum atomic E-state index is -0.305. The summed E-state index contributed by atoms with van der Waals surface area (Å²) in [5, 5.41) is 8.64. The van der Waals surface area contributed by atoms with Crippen LogP contribution >= 0.6 is 11.8 Å². The van der Waals surface area contributed by atoms with E-state index in [1.54, 1.807) is 24.3 Å². The maximum absolute atomic E-state index is 13.9. The molecule has 0 radical (unpaired) electrons. The Morgan fingerprint density at radius 3 is 2.48 bits per heavy atom. The highest BCUT2D eigenvalue weighted by Gasteiger charge is 2.04. The van der Waals surface area contributed by atoms with Gasteiger partial charge in [-0.25, -0.2) is 8.78 Å². The monoisotopic (exact) mass is 304 g/mol. The molecule has 4 heteroatoms. The van der Waals surface area contributed by atoms with Gasteiger partial charge < -0.3 is 5.11 Å². The Kier molecular flexibility index (Phi) is 5.79. The summed E-state index contributed by atoms with van der Waals surface area (Å²) in [5.74, 6) is 5.44. The van der Waals surface area contributed by atoms with Crippen molar-refractivity contribution in [1.82, 2.24) is 0 Å². The number of thioether (sulfide) groups is 1. The molecule has 2 aromatic carbocycles. The van der Waals surface area contributed by atoms with Crippen LogP contribution in [0.25, 0.3) is 0 Å². The molecule has 0 saturated carbocycles. The normalized spacial score (nSPS) is 10.0. The maximum Gasteiger partial charge on any atom is 0.128 e. The zero-order valence-corrected chi connectivity index (χ0v) is 12.1. The highest BCUT2D eigenvalue weighted by Crippen LogP contribution is 2.24. The van der Waals surface area contributed by atoms with Gasteiger partial charge in [0.1, 0.15) is 11.6 Å². The Morgan fingerprint density at radius 1 is 1.05 bits per heavy atom. The summed E-state index contributed by atoms with van der Waals surface area (Å²) in [6, 6.07) is 11.0. The van der Waals surface area contributed by atoms with Crippen molar-refractivity contribution < 1.29 is 13.9 Å². The van der Waals surface area contributed by atoms with Crippen LogP contribution in [0, 0.1) is 23.5 Å². The molecule has 0 atom stereocenters. The zero-order valence-electron chi connectivity index (χ0n) is 11.3. The van der Waals surface area contributed by atoms with Crippen LogP contribution in [0.3, 0.4) is 0 Å². The van der Waals surface area contributed by atoms with Gasteiger partial charge in [-0.1, -0.05) is 17.9 Å². The Bertz CT molecular complexity index is 657. The van der Waals surface area contributed by atoms with E-state index in [1.807, 2.05) is 0 Å². The van der Waals surface area contributed by atoms with Crippen molar-refractivity contribution in [2.24, 2.45) is 0 Å². The van der Waals surface area contributed by atoms with Gasteiger partial charge in [-0.05, 0) is 42.0 Å². The number of halogens is 2. The topological polar surface area (TPSA) is 20.2 Å². The molecule has 2 rings (SSSR count). The summed E-state index contributed by atoms with van der Waals surface area (Å²) < 4.78 is 26.7. The summed E-state index contributed by atoms with van der Waals surface area (Å²) >= 11 is 1.45. The van der Waals surface area contributed by atoms with Crippen LogP contribution in [0.5, 0.6) is 0 Å². The van der Waals surface area contributed by atoms with Crippen LogP contribution in [-0.4, -0.2) is 11.7 Å². The van der Waals surface area contributed by atoms with E-state index in [-0.39, 0.29) is 18.2 Å². The van der Waals surface area contributed by atoms with Crippen LogP contribution in [0.4, 0.5) is 8.78 Å². The lowest BCUT2D eigenvalue weighted by Crippen LogP contribution is -1.89. The summed E-state index contributed by atoms with van der Waals surface area (Å²) in [5.41, 5.74) is 1.17. The Hall–Kier alpha value is -1.83. The standard InChI is InChI=1S/C17H14F2OS/c18-15-6-8-16(9-7-15)21-12-14-5-4-13(11-17(14)19)3-1-2-10-20/h4-9,11,20H,2,10,12H2. The van der Waals surface area contributed by atoms with E-state index >= 15 is 0 Å². The molecule has 0 aliphatic rings. The lowest BCUT2D eigenvalue weighted by atomic mass is 10.1. The summed E-state index contributed by atoms with van der Waals surface area (Å²) in [6.45, 7) is 0.00186. The lowest BCUT2D eigenvalue weighted by Gasteiger charge is -2.04. The number of benzene rings is 2. The molecule has 0 fully saturated rings. The number of aliphatic hydroxyl groups is 1. The molecule has 0 amide bonds. The molecule has 0 saturated heterocycles. The average molecular weight is 304 g/mol. The molecule has 0 spiro atoms. The van der Waals surface area contributed by atoms with Crippen molar-refractivity contribution >= 4 is 11.8 Å². The third-order valence-electron chi connectivity index (χ3n) is 2.73. The first-order valence-corrected chi connectivity index (χ1v) is 7.44. The third-order valence-corrected chi connectivity index (χ3v) is 3.79. The highest BCUT2D eigenvalue weighted by atomic mass is 32.2. The molecule has 1 nitrogen and oxygen atoms in total. The quantitative estimate of drug-likeness (QED) is 0.681. The van der Waals surface area contributed by atoms with Gasteiger partial charge in [-0.2, -0.15) is 0 Å². The first kappa shape index (κ1) is 15.6. The third kappa shape index (κ3) is 4.89. The fourth-order valence-electron chi connectivity index (χ4n) is 1.65. The number of hydrogen-bond donors (Lipinski definition) is 1. The molecule has 0 heterocycles. The van der Waals surface area contributed by atoms with Gasteiger partial charge in [0.15, 0.2) is 0 Å². The molecule has 0 aliphatic carbocycles. The predicted octanol–water partition coefficient (Wildman–Crippen LogP) is 3.99. The molecule has 108 valence electrons. The first-order valence-electron chi connectivity index (χ1n) is 6.45. The van der Waals surface area contributed by atoms with Crippen LogP contribution < -0.4 is 0 Å². The first-order chi connectivity index (χ1) is 10.2. The van der Waals surface area contributed by atoms with Crippen LogP contribution in [0.2, 0.25) is 0 Å². The molecule has 1 N–H and O–H groups in total. The Labute approximate surface area is 127 Å². The molecule has 21 heavy (non-hydrogen) atoms. The molecule has 0 aliphatic heterocycles. The van der Waals surface area contributed by atoms with Crippen LogP contribution in [0.1, 0.15) is 17.5 Å². The largest absolute Gasteiger partial charge is 0.395 e. The summed E-state index contributed by atoms with van der Waals surface area (Å²) in [7, 11) is 0. The molecular weight excluding hydrogens is 290 g/mol. The fourth-order valence-corrected chi connectivity index (χ4v) is 2.54. The molecule has 0 unspecified atom stereocenters. The van der Waals surface area contributed by atoms with E-state index in [9.17, 15) is 8.78 Å². The number of rotatable bonds is 4. The average Bonchev–Trinajstić information content (AvgIpc) is 2.48. The van der Waals surface area contributed by atoms with Crippen molar-refractivity contribution in [2.45, 2.75) is 17.1 Å². The lowest BCUT2D eigenvalue weighted by molar-refractivity contribution is 0.305. The number of hydrogen-bond acceptors (Lipinski definition) is 2. The zero-order chi connectivity index (χ0) is 15.1. The second kappa shape index (κ2) is 7.82. The van der Waals surface area contributed by atoms with Crippen molar-refractivity contribution in [3.63, 3.8) is 0 Å². The smallest absolute Gasteiger partial charge is 0.128 e. The van der Waals surface area contributed by atoms with E-state index in [2.05, 4.69) is 11.8 Å². The van der Waals surface area contributed by atoms with E-state index in [0.29, 0.717) is 23.3 Å². The number of aliphatic hydroxyl groups excluding tert-OH is 1. The second-order valence-electron chi connectivity index (χ2n) is 4.32. The molecule has 2 aromatic rings. The maximum atomic E-state index is 13.9. The van der Waals surface area contributed by atoms with E-state index in [1.165, 1.54) is 30.0 Å². The molecule has 0 bridgehead atoms. The van der Waals surface area contributed by atoms with Gasteiger partial charge in [0.25, 0.3) is 0 Å².